The largest absolute Gasteiger partial charge is 0.481 e. The van der Waals surface area contributed by atoms with Crippen LogP contribution in [0, 0.1) is 0 Å². The Balaban J connectivity index is 2.34. The Labute approximate surface area is 82.5 Å². The Morgan fingerprint density at radius 1 is 1.43 bits per heavy atom. The summed E-state index contributed by atoms with van der Waals surface area (Å²) in [6.07, 6.45) is 1.99. The molecule has 0 heterocycles. The van der Waals surface area contributed by atoms with Crippen molar-refractivity contribution in [1.29, 1.82) is 0 Å². The van der Waals surface area contributed by atoms with Gasteiger partial charge in [-0.3, -0.25) is 4.79 Å². The summed E-state index contributed by atoms with van der Waals surface area (Å²) in [6, 6.07) is 7.54. The van der Waals surface area contributed by atoms with Crippen LogP contribution in [0.4, 0.5) is 0 Å². The van der Waals surface area contributed by atoms with Gasteiger partial charge < -0.3 is 10.8 Å². The third kappa shape index (κ3) is 1.63. The van der Waals surface area contributed by atoms with E-state index >= 15 is 0 Å². The second-order valence-corrected chi connectivity index (χ2v) is 3.88. The Hall–Kier alpha value is -1.35. The lowest BCUT2D eigenvalue weighted by molar-refractivity contribution is -0.136. The number of nitrogens with two attached hydrogens (primary N) is 1. The number of hydrogen-bond acceptors (Lipinski definition) is 2. The first-order chi connectivity index (χ1) is 6.62. The van der Waals surface area contributed by atoms with Gasteiger partial charge in [-0.05, 0) is 24.0 Å². The maximum atomic E-state index is 10.6. The van der Waals surface area contributed by atoms with Gasteiger partial charge in [-0.25, -0.2) is 0 Å². The van der Waals surface area contributed by atoms with Crippen molar-refractivity contribution in [2.75, 3.05) is 0 Å². The molecule has 0 atom stereocenters. The van der Waals surface area contributed by atoms with Gasteiger partial charge >= 0.3 is 5.97 Å². The highest BCUT2D eigenvalue weighted by molar-refractivity contribution is 5.71. The molecule has 2 rings (SSSR count). The van der Waals surface area contributed by atoms with E-state index in [1.807, 2.05) is 24.3 Å². The lowest BCUT2D eigenvalue weighted by Crippen LogP contribution is -2.21. The minimum Gasteiger partial charge on any atom is -0.481 e. The molecule has 0 spiro atoms. The van der Waals surface area contributed by atoms with Gasteiger partial charge in [0.25, 0.3) is 0 Å². The lowest BCUT2D eigenvalue weighted by atomic mass is 9.97. The summed E-state index contributed by atoms with van der Waals surface area (Å²) in [6.45, 7) is 0. The molecule has 74 valence electrons. The quantitative estimate of drug-likeness (QED) is 0.756. The van der Waals surface area contributed by atoms with E-state index in [4.69, 9.17) is 10.8 Å². The molecule has 14 heavy (non-hydrogen) atoms. The summed E-state index contributed by atoms with van der Waals surface area (Å²) in [5.41, 5.74) is 7.66. The Bertz CT molecular complexity index is 369. The second-order valence-electron chi connectivity index (χ2n) is 3.88. The van der Waals surface area contributed by atoms with Crippen LogP contribution in [-0.4, -0.2) is 11.1 Å². The summed E-state index contributed by atoms with van der Waals surface area (Å²) >= 11 is 0. The Kier molecular flexibility index (Phi) is 2.04. The van der Waals surface area contributed by atoms with Gasteiger partial charge in [0, 0.05) is 5.54 Å². The number of hydrogen-bond donors (Lipinski definition) is 2. The van der Waals surface area contributed by atoms with Crippen molar-refractivity contribution < 1.29 is 9.90 Å². The average molecular weight is 191 g/mol. The van der Waals surface area contributed by atoms with Crippen molar-refractivity contribution in [1.82, 2.24) is 0 Å². The van der Waals surface area contributed by atoms with Crippen molar-refractivity contribution in [2.45, 2.75) is 24.8 Å². The number of rotatable bonds is 3. The Morgan fingerprint density at radius 3 is 2.64 bits per heavy atom. The Morgan fingerprint density at radius 2 is 2.07 bits per heavy atom. The van der Waals surface area contributed by atoms with Crippen molar-refractivity contribution in [2.24, 2.45) is 5.73 Å². The van der Waals surface area contributed by atoms with Crippen LogP contribution in [0.1, 0.15) is 24.0 Å². The fourth-order valence-corrected chi connectivity index (χ4v) is 1.73. The van der Waals surface area contributed by atoms with Crippen LogP contribution in [0.15, 0.2) is 24.3 Å². The lowest BCUT2D eigenvalue weighted by Gasteiger charge is -2.13. The molecule has 0 saturated heterocycles. The molecule has 1 aliphatic carbocycles. The van der Waals surface area contributed by atoms with E-state index in [1.165, 1.54) is 0 Å². The smallest absolute Gasteiger partial charge is 0.307 e. The molecule has 3 N–H and O–H groups in total. The van der Waals surface area contributed by atoms with Gasteiger partial charge in [0.05, 0.1) is 6.42 Å². The molecular formula is C11H13NO2. The normalized spacial score (nSPS) is 17.8. The summed E-state index contributed by atoms with van der Waals surface area (Å²) in [4.78, 5) is 10.6. The zero-order chi connectivity index (χ0) is 10.2. The van der Waals surface area contributed by atoms with E-state index in [9.17, 15) is 4.79 Å². The highest BCUT2D eigenvalue weighted by Crippen LogP contribution is 2.44. The molecule has 3 nitrogen and oxygen atoms in total. The van der Waals surface area contributed by atoms with E-state index in [-0.39, 0.29) is 12.0 Å². The van der Waals surface area contributed by atoms with E-state index in [0.717, 1.165) is 24.0 Å². The third-order valence-corrected chi connectivity index (χ3v) is 2.68. The van der Waals surface area contributed by atoms with Gasteiger partial charge in [-0.1, -0.05) is 24.3 Å². The van der Waals surface area contributed by atoms with Gasteiger partial charge in [-0.2, -0.15) is 0 Å². The summed E-state index contributed by atoms with van der Waals surface area (Å²) in [7, 11) is 0. The molecule has 1 aromatic carbocycles. The fourth-order valence-electron chi connectivity index (χ4n) is 1.73. The van der Waals surface area contributed by atoms with Crippen molar-refractivity contribution in [3.05, 3.63) is 35.4 Å². The molecule has 1 saturated carbocycles. The fraction of sp³-hybridized carbons (Fsp3) is 0.364. The summed E-state index contributed by atoms with van der Waals surface area (Å²) in [5.74, 6) is -0.804. The highest BCUT2D eigenvalue weighted by atomic mass is 16.4. The van der Waals surface area contributed by atoms with Gasteiger partial charge in [0.15, 0.2) is 0 Å². The maximum absolute atomic E-state index is 10.6. The third-order valence-electron chi connectivity index (χ3n) is 2.68. The van der Waals surface area contributed by atoms with E-state index in [1.54, 1.807) is 0 Å². The van der Waals surface area contributed by atoms with Crippen LogP contribution in [0.25, 0.3) is 0 Å². The van der Waals surface area contributed by atoms with Crippen LogP contribution < -0.4 is 5.73 Å². The van der Waals surface area contributed by atoms with Crippen LogP contribution in [0.5, 0.6) is 0 Å². The monoisotopic (exact) mass is 191 g/mol. The van der Waals surface area contributed by atoms with Crippen molar-refractivity contribution >= 4 is 5.97 Å². The van der Waals surface area contributed by atoms with Gasteiger partial charge in [0.2, 0.25) is 0 Å². The number of aliphatic carboxylic acids is 1. The van der Waals surface area contributed by atoms with E-state index in [0.29, 0.717) is 0 Å². The van der Waals surface area contributed by atoms with Gasteiger partial charge in [-0.15, -0.1) is 0 Å². The predicted molar refractivity (Wildman–Crippen MR) is 52.9 cm³/mol. The minimum atomic E-state index is -0.804. The molecule has 1 aromatic rings. The number of carboxylic acid groups (broad SMARTS) is 1. The molecule has 0 aromatic heterocycles. The van der Waals surface area contributed by atoms with Crippen molar-refractivity contribution in [3.8, 4) is 0 Å². The van der Waals surface area contributed by atoms with E-state index in [2.05, 4.69) is 0 Å². The van der Waals surface area contributed by atoms with Crippen LogP contribution in [-0.2, 0) is 16.8 Å². The van der Waals surface area contributed by atoms with Gasteiger partial charge in [0.1, 0.15) is 0 Å². The molecule has 1 fully saturated rings. The molecule has 0 unspecified atom stereocenters. The van der Waals surface area contributed by atoms with Crippen LogP contribution in [0.2, 0.25) is 0 Å². The highest BCUT2D eigenvalue weighted by Gasteiger charge is 2.41. The number of carbonyl (C=O) groups is 1. The molecular weight excluding hydrogens is 178 g/mol. The molecule has 1 aliphatic rings. The summed E-state index contributed by atoms with van der Waals surface area (Å²) < 4.78 is 0. The molecule has 3 heteroatoms. The average Bonchev–Trinajstić information content (AvgIpc) is 2.84. The molecule has 0 radical (unpaired) electrons. The molecule has 0 bridgehead atoms. The predicted octanol–water partition coefficient (Wildman–Crippen LogP) is 1.26. The molecule has 0 aliphatic heterocycles. The van der Waals surface area contributed by atoms with Crippen LogP contribution >= 0.6 is 0 Å². The van der Waals surface area contributed by atoms with Crippen molar-refractivity contribution in [3.63, 3.8) is 0 Å². The SMILES string of the molecule is NC1(c2ccccc2CC(=O)O)CC1. The first-order valence-electron chi connectivity index (χ1n) is 4.71. The second kappa shape index (κ2) is 3.10. The number of benzene rings is 1. The van der Waals surface area contributed by atoms with E-state index < -0.39 is 5.97 Å². The zero-order valence-electron chi connectivity index (χ0n) is 7.86. The number of carboxylic acids is 1. The summed E-state index contributed by atoms with van der Waals surface area (Å²) in [5, 5.41) is 8.74. The first kappa shape index (κ1) is 9.21. The topological polar surface area (TPSA) is 63.3 Å². The molecule has 0 amide bonds. The zero-order valence-corrected chi connectivity index (χ0v) is 7.86. The minimum absolute atomic E-state index is 0.0646. The van der Waals surface area contributed by atoms with Crippen LogP contribution in [0.3, 0.4) is 0 Å². The maximum Gasteiger partial charge on any atom is 0.307 e. The first-order valence-corrected chi connectivity index (χ1v) is 4.71. The standard InChI is InChI=1S/C11H13NO2/c12-11(5-6-11)9-4-2-1-3-8(9)7-10(13)14/h1-4H,5-7,12H2,(H,13,14).